The maximum absolute atomic E-state index is 12.7. The van der Waals surface area contributed by atoms with Crippen LogP contribution in [-0.4, -0.2) is 16.6 Å². The number of ether oxygens (including phenoxy) is 1. The molecule has 4 nitrogen and oxygen atoms in total. The lowest BCUT2D eigenvalue weighted by atomic mass is 10.1. The third-order valence-corrected chi connectivity index (χ3v) is 1.82. The van der Waals surface area contributed by atoms with Crippen molar-refractivity contribution in [2.75, 3.05) is 0 Å². The number of pyridine rings is 1. The van der Waals surface area contributed by atoms with E-state index in [0.717, 1.165) is 12.3 Å². The molecule has 1 atom stereocenters. The molecule has 0 saturated heterocycles. The van der Waals surface area contributed by atoms with Gasteiger partial charge in [0.2, 0.25) is 0 Å². The van der Waals surface area contributed by atoms with Crippen molar-refractivity contribution in [3.8, 4) is 6.07 Å². The molecule has 0 fully saturated rings. The maximum atomic E-state index is 12.7. The molecule has 1 heterocycles. The van der Waals surface area contributed by atoms with Gasteiger partial charge in [0.15, 0.2) is 5.92 Å². The van der Waals surface area contributed by atoms with Crippen molar-refractivity contribution >= 4 is 5.97 Å². The van der Waals surface area contributed by atoms with Gasteiger partial charge in [-0.25, -0.2) is 4.39 Å². The molecule has 0 amide bonds. The fourth-order valence-corrected chi connectivity index (χ4v) is 1.16. The van der Waals surface area contributed by atoms with Crippen LogP contribution in [0.25, 0.3) is 0 Å². The SMILES string of the molecule is CC(C)(C)OC(=O)[C@H](C#N)c1ccc(F)cn1. The zero-order chi connectivity index (χ0) is 13.1. The van der Waals surface area contributed by atoms with Gasteiger partial charge in [0.05, 0.1) is 18.0 Å². The van der Waals surface area contributed by atoms with Crippen LogP contribution < -0.4 is 0 Å². The fourth-order valence-electron chi connectivity index (χ4n) is 1.16. The first kappa shape index (κ1) is 13.1. The lowest BCUT2D eigenvalue weighted by Gasteiger charge is -2.21. The Hall–Kier alpha value is -1.96. The second-order valence-corrected chi connectivity index (χ2v) is 4.50. The van der Waals surface area contributed by atoms with E-state index in [9.17, 15) is 9.18 Å². The van der Waals surface area contributed by atoms with Crippen molar-refractivity contribution in [2.24, 2.45) is 0 Å². The van der Waals surface area contributed by atoms with Crippen molar-refractivity contribution in [3.05, 3.63) is 29.8 Å². The third kappa shape index (κ3) is 3.83. The summed E-state index contributed by atoms with van der Waals surface area (Å²) in [6.07, 6.45) is 0.962. The first-order valence-electron chi connectivity index (χ1n) is 5.07. The van der Waals surface area contributed by atoms with Crippen LogP contribution in [0.3, 0.4) is 0 Å². The van der Waals surface area contributed by atoms with Crippen LogP contribution in [0.4, 0.5) is 4.39 Å². The fraction of sp³-hybridized carbons (Fsp3) is 0.417. The van der Waals surface area contributed by atoms with Crippen molar-refractivity contribution in [1.82, 2.24) is 4.98 Å². The van der Waals surface area contributed by atoms with Crippen LogP contribution in [-0.2, 0) is 9.53 Å². The predicted molar refractivity (Wildman–Crippen MR) is 58.4 cm³/mol. The molecule has 5 heteroatoms. The average Bonchev–Trinajstić information content (AvgIpc) is 2.19. The Morgan fingerprint density at radius 1 is 1.53 bits per heavy atom. The lowest BCUT2D eigenvalue weighted by molar-refractivity contribution is -0.155. The van der Waals surface area contributed by atoms with E-state index in [1.807, 2.05) is 0 Å². The van der Waals surface area contributed by atoms with Gasteiger partial charge in [-0.3, -0.25) is 9.78 Å². The van der Waals surface area contributed by atoms with E-state index in [2.05, 4.69) is 4.98 Å². The molecule has 0 unspecified atom stereocenters. The van der Waals surface area contributed by atoms with Crippen LogP contribution >= 0.6 is 0 Å². The molecule has 0 aliphatic carbocycles. The number of carbonyl (C=O) groups excluding carboxylic acids is 1. The summed E-state index contributed by atoms with van der Waals surface area (Å²) in [4.78, 5) is 15.4. The Bertz CT molecular complexity index is 443. The zero-order valence-electron chi connectivity index (χ0n) is 9.90. The van der Waals surface area contributed by atoms with Crippen molar-refractivity contribution in [1.29, 1.82) is 5.26 Å². The molecule has 17 heavy (non-hydrogen) atoms. The number of hydrogen-bond acceptors (Lipinski definition) is 4. The molecule has 0 aliphatic heterocycles. The van der Waals surface area contributed by atoms with E-state index in [1.165, 1.54) is 6.07 Å². The summed E-state index contributed by atoms with van der Waals surface area (Å²) in [7, 11) is 0. The highest BCUT2D eigenvalue weighted by Gasteiger charge is 2.27. The molecule has 0 aromatic carbocycles. The number of hydrogen-bond donors (Lipinski definition) is 0. The summed E-state index contributed by atoms with van der Waals surface area (Å²) in [6, 6.07) is 4.25. The molecule has 0 radical (unpaired) electrons. The summed E-state index contributed by atoms with van der Waals surface area (Å²) in [5.74, 6) is -2.33. The number of rotatable bonds is 2. The Kier molecular flexibility index (Phi) is 3.79. The molecule has 0 bridgehead atoms. The molecular formula is C12H13FN2O2. The van der Waals surface area contributed by atoms with Crippen LogP contribution in [0, 0.1) is 17.1 Å². The Morgan fingerprint density at radius 3 is 2.59 bits per heavy atom. The van der Waals surface area contributed by atoms with E-state index in [-0.39, 0.29) is 5.69 Å². The number of carbonyl (C=O) groups is 1. The Labute approximate surface area is 99.0 Å². The normalized spacial score (nSPS) is 12.6. The number of esters is 1. The van der Waals surface area contributed by atoms with Gasteiger partial charge in [0.25, 0.3) is 0 Å². The van der Waals surface area contributed by atoms with E-state index in [0.29, 0.717) is 0 Å². The zero-order valence-corrected chi connectivity index (χ0v) is 9.90. The van der Waals surface area contributed by atoms with Gasteiger partial charge in [-0.15, -0.1) is 0 Å². The van der Waals surface area contributed by atoms with Gasteiger partial charge in [-0.05, 0) is 32.9 Å². The summed E-state index contributed by atoms with van der Waals surface area (Å²) in [5.41, 5.74) is -0.491. The van der Waals surface area contributed by atoms with Crippen molar-refractivity contribution in [2.45, 2.75) is 32.3 Å². The molecule has 90 valence electrons. The van der Waals surface area contributed by atoms with Gasteiger partial charge in [0.1, 0.15) is 11.4 Å². The lowest BCUT2D eigenvalue weighted by Crippen LogP contribution is -2.27. The number of nitrogens with zero attached hydrogens (tertiary/aromatic N) is 2. The maximum Gasteiger partial charge on any atom is 0.330 e. The largest absolute Gasteiger partial charge is 0.459 e. The van der Waals surface area contributed by atoms with Crippen molar-refractivity contribution < 1.29 is 13.9 Å². The molecule has 0 spiro atoms. The quantitative estimate of drug-likeness (QED) is 0.738. The first-order valence-corrected chi connectivity index (χ1v) is 5.07. The first-order chi connectivity index (χ1) is 7.83. The predicted octanol–water partition coefficient (Wildman–Crippen LogP) is 2.17. The highest BCUT2D eigenvalue weighted by atomic mass is 19.1. The topological polar surface area (TPSA) is 63.0 Å². The van der Waals surface area contributed by atoms with Gasteiger partial charge < -0.3 is 4.74 Å². The molecule has 1 aromatic rings. The molecule has 1 aromatic heterocycles. The van der Waals surface area contributed by atoms with Crippen LogP contribution in [0.1, 0.15) is 32.4 Å². The highest BCUT2D eigenvalue weighted by molar-refractivity contribution is 5.81. The van der Waals surface area contributed by atoms with Gasteiger partial charge in [-0.1, -0.05) is 0 Å². The Balaban J connectivity index is 2.90. The van der Waals surface area contributed by atoms with E-state index in [1.54, 1.807) is 26.8 Å². The van der Waals surface area contributed by atoms with Crippen LogP contribution in [0.5, 0.6) is 0 Å². The van der Waals surface area contributed by atoms with E-state index < -0.39 is 23.3 Å². The van der Waals surface area contributed by atoms with Gasteiger partial charge >= 0.3 is 5.97 Å². The van der Waals surface area contributed by atoms with Crippen LogP contribution in [0.15, 0.2) is 18.3 Å². The average molecular weight is 236 g/mol. The minimum absolute atomic E-state index is 0.183. The van der Waals surface area contributed by atoms with Crippen LogP contribution in [0.2, 0.25) is 0 Å². The molecule has 0 aliphatic rings. The third-order valence-electron chi connectivity index (χ3n) is 1.82. The number of aromatic nitrogens is 1. The molecule has 0 saturated carbocycles. The summed E-state index contributed by atoms with van der Waals surface area (Å²) in [6.45, 7) is 5.12. The highest BCUT2D eigenvalue weighted by Crippen LogP contribution is 2.18. The minimum Gasteiger partial charge on any atom is -0.459 e. The second kappa shape index (κ2) is 4.91. The molecular weight excluding hydrogens is 223 g/mol. The Morgan fingerprint density at radius 2 is 2.18 bits per heavy atom. The molecule has 0 N–H and O–H groups in total. The summed E-state index contributed by atoms with van der Waals surface area (Å²) < 4.78 is 17.7. The van der Waals surface area contributed by atoms with Gasteiger partial charge in [-0.2, -0.15) is 5.26 Å². The standard InChI is InChI=1S/C12H13FN2O2/c1-12(2,3)17-11(16)9(6-14)10-5-4-8(13)7-15-10/h4-5,7,9H,1-3H3/t9-/m1/s1. The number of halogens is 1. The van der Waals surface area contributed by atoms with E-state index >= 15 is 0 Å². The number of nitriles is 1. The summed E-state index contributed by atoms with van der Waals surface area (Å²) >= 11 is 0. The monoisotopic (exact) mass is 236 g/mol. The second-order valence-electron chi connectivity index (χ2n) is 4.50. The minimum atomic E-state index is -1.13. The van der Waals surface area contributed by atoms with E-state index in [4.69, 9.17) is 10.00 Å². The van der Waals surface area contributed by atoms with Crippen molar-refractivity contribution in [3.63, 3.8) is 0 Å². The summed E-state index contributed by atoms with van der Waals surface area (Å²) in [5, 5.41) is 8.93. The molecule has 1 rings (SSSR count). The smallest absolute Gasteiger partial charge is 0.330 e. The van der Waals surface area contributed by atoms with Gasteiger partial charge in [0, 0.05) is 0 Å².